The maximum Gasteiger partial charge on any atom is 0.248 e. The van der Waals surface area contributed by atoms with E-state index in [9.17, 15) is 8.78 Å². The van der Waals surface area contributed by atoms with Crippen LogP contribution in [0.3, 0.4) is 0 Å². The van der Waals surface area contributed by atoms with Gasteiger partial charge in [-0.2, -0.15) is 0 Å². The third-order valence-electron chi connectivity index (χ3n) is 4.67. The average molecular weight is 294 g/mol. The molecule has 4 rings (SSSR count). The first-order valence-electron chi connectivity index (χ1n) is 7.11. The molecule has 1 aliphatic heterocycles. The lowest BCUT2D eigenvalue weighted by Gasteiger charge is -2.30. The Labute approximate surface area is 120 Å². The monoisotopic (exact) mass is 294 g/mol. The largest absolute Gasteiger partial charge is 0.322 e. The van der Waals surface area contributed by atoms with Gasteiger partial charge in [0, 0.05) is 23.3 Å². The summed E-state index contributed by atoms with van der Waals surface area (Å²) in [4.78, 5) is 5.61. The minimum Gasteiger partial charge on any atom is -0.322 e. The SMILES string of the molecule is FC1(F)CCC(C[C@H]2c3sccc3-c3cncn32)CC1. The van der Waals surface area contributed by atoms with Crippen LogP contribution < -0.4 is 0 Å². The van der Waals surface area contributed by atoms with E-state index in [1.807, 2.05) is 12.5 Å². The number of aromatic nitrogens is 2. The van der Waals surface area contributed by atoms with Gasteiger partial charge in [0.15, 0.2) is 0 Å². The second kappa shape index (κ2) is 4.38. The summed E-state index contributed by atoms with van der Waals surface area (Å²) in [5, 5.41) is 2.11. The van der Waals surface area contributed by atoms with Gasteiger partial charge in [-0.25, -0.2) is 13.8 Å². The number of hydrogen-bond donors (Lipinski definition) is 0. The fourth-order valence-corrected chi connectivity index (χ4v) is 4.57. The fraction of sp³-hybridized carbons (Fsp3) is 0.533. The minimum absolute atomic E-state index is 0.0540. The molecule has 106 valence electrons. The van der Waals surface area contributed by atoms with Gasteiger partial charge in [0.2, 0.25) is 5.92 Å². The first-order chi connectivity index (χ1) is 9.64. The highest BCUT2D eigenvalue weighted by Gasteiger charge is 2.38. The highest BCUT2D eigenvalue weighted by molar-refractivity contribution is 7.10. The third-order valence-corrected chi connectivity index (χ3v) is 5.69. The van der Waals surface area contributed by atoms with Crippen molar-refractivity contribution in [2.24, 2.45) is 5.92 Å². The van der Waals surface area contributed by atoms with Crippen molar-refractivity contribution in [3.05, 3.63) is 28.8 Å². The van der Waals surface area contributed by atoms with Gasteiger partial charge in [-0.3, -0.25) is 0 Å². The van der Waals surface area contributed by atoms with Gasteiger partial charge in [0.05, 0.1) is 24.3 Å². The van der Waals surface area contributed by atoms with Crippen LogP contribution in [0.1, 0.15) is 43.0 Å². The van der Waals surface area contributed by atoms with E-state index in [0.717, 1.165) is 6.42 Å². The summed E-state index contributed by atoms with van der Waals surface area (Å²) in [6.45, 7) is 0. The topological polar surface area (TPSA) is 17.8 Å². The van der Waals surface area contributed by atoms with Gasteiger partial charge in [-0.05, 0) is 36.6 Å². The minimum atomic E-state index is -2.43. The summed E-state index contributed by atoms with van der Waals surface area (Å²) >= 11 is 1.77. The number of alkyl halides is 2. The predicted octanol–water partition coefficient (Wildman–Crippen LogP) is 4.73. The molecule has 1 saturated carbocycles. The molecule has 1 atom stereocenters. The summed E-state index contributed by atoms with van der Waals surface area (Å²) in [6.07, 6.45) is 6.15. The van der Waals surface area contributed by atoms with Crippen LogP contribution in [-0.4, -0.2) is 15.5 Å². The van der Waals surface area contributed by atoms with Crippen LogP contribution >= 0.6 is 11.3 Å². The van der Waals surface area contributed by atoms with Crippen molar-refractivity contribution >= 4 is 11.3 Å². The summed E-state index contributed by atoms with van der Waals surface area (Å²) in [5.74, 6) is -2.02. The molecule has 3 heterocycles. The van der Waals surface area contributed by atoms with Crippen molar-refractivity contribution < 1.29 is 8.78 Å². The Morgan fingerprint density at radius 1 is 1.35 bits per heavy atom. The molecule has 0 spiro atoms. The number of nitrogens with zero attached hydrogens (tertiary/aromatic N) is 2. The molecule has 2 aromatic heterocycles. The van der Waals surface area contributed by atoms with E-state index in [1.54, 1.807) is 11.3 Å². The zero-order valence-corrected chi connectivity index (χ0v) is 11.9. The number of rotatable bonds is 2. The number of fused-ring (bicyclic) bond motifs is 3. The first kappa shape index (κ1) is 12.5. The van der Waals surface area contributed by atoms with E-state index in [0.29, 0.717) is 24.8 Å². The maximum atomic E-state index is 13.3. The highest BCUT2D eigenvalue weighted by Crippen LogP contribution is 2.47. The van der Waals surface area contributed by atoms with Crippen molar-refractivity contribution in [1.82, 2.24) is 9.55 Å². The Morgan fingerprint density at radius 3 is 2.95 bits per heavy atom. The van der Waals surface area contributed by atoms with Crippen LogP contribution in [-0.2, 0) is 0 Å². The summed E-state index contributed by atoms with van der Waals surface area (Å²) in [7, 11) is 0. The van der Waals surface area contributed by atoms with Gasteiger partial charge in [0.1, 0.15) is 0 Å². The van der Waals surface area contributed by atoms with Gasteiger partial charge in [0.25, 0.3) is 0 Å². The predicted molar refractivity (Wildman–Crippen MR) is 75.2 cm³/mol. The van der Waals surface area contributed by atoms with Crippen molar-refractivity contribution in [2.45, 2.75) is 44.1 Å². The molecule has 2 nitrogen and oxygen atoms in total. The molecule has 0 aromatic carbocycles. The van der Waals surface area contributed by atoms with Gasteiger partial charge >= 0.3 is 0 Å². The van der Waals surface area contributed by atoms with Crippen molar-refractivity contribution in [1.29, 1.82) is 0 Å². The number of halogens is 2. The summed E-state index contributed by atoms with van der Waals surface area (Å²) < 4.78 is 28.7. The molecular formula is C15H16F2N2S. The lowest BCUT2D eigenvalue weighted by molar-refractivity contribution is -0.0473. The third kappa shape index (κ3) is 1.91. The van der Waals surface area contributed by atoms with Crippen LogP contribution in [0.4, 0.5) is 8.78 Å². The number of imidazole rings is 1. The van der Waals surface area contributed by atoms with Crippen molar-refractivity contribution in [3.8, 4) is 11.3 Å². The van der Waals surface area contributed by atoms with Crippen LogP contribution in [0.15, 0.2) is 24.0 Å². The molecule has 0 unspecified atom stereocenters. The Morgan fingerprint density at radius 2 is 2.15 bits per heavy atom. The lowest BCUT2D eigenvalue weighted by Crippen LogP contribution is -2.26. The normalized spacial score (nSPS) is 24.6. The van der Waals surface area contributed by atoms with E-state index in [1.165, 1.54) is 16.1 Å². The highest BCUT2D eigenvalue weighted by atomic mass is 32.1. The molecule has 0 N–H and O–H groups in total. The standard InChI is InChI=1S/C15H16F2N2S/c16-15(17)4-1-10(2-5-15)7-12-14-11(3-6-20-14)13-8-18-9-19(12)13/h3,6,8-10,12H,1-2,4-5,7H2/t12-/m0/s1. The smallest absolute Gasteiger partial charge is 0.248 e. The second-order valence-electron chi connectivity index (χ2n) is 5.94. The zero-order valence-electron chi connectivity index (χ0n) is 11.1. The zero-order chi connectivity index (χ0) is 13.7. The van der Waals surface area contributed by atoms with E-state index >= 15 is 0 Å². The quantitative estimate of drug-likeness (QED) is 0.783. The Hall–Kier alpha value is -1.23. The Balaban J connectivity index is 1.56. The van der Waals surface area contributed by atoms with E-state index in [4.69, 9.17) is 0 Å². The maximum absolute atomic E-state index is 13.3. The fourth-order valence-electron chi connectivity index (χ4n) is 3.55. The van der Waals surface area contributed by atoms with E-state index < -0.39 is 5.92 Å². The van der Waals surface area contributed by atoms with E-state index in [-0.39, 0.29) is 12.8 Å². The Bertz CT molecular complexity index is 581. The Kier molecular flexibility index (Phi) is 2.74. The molecule has 0 saturated heterocycles. The second-order valence-corrected chi connectivity index (χ2v) is 6.88. The number of thiophene rings is 1. The van der Waals surface area contributed by atoms with Crippen LogP contribution in [0.5, 0.6) is 0 Å². The lowest BCUT2D eigenvalue weighted by atomic mass is 9.83. The molecule has 0 amide bonds. The molecule has 2 aliphatic rings. The van der Waals surface area contributed by atoms with Gasteiger partial charge in [-0.1, -0.05) is 0 Å². The molecule has 5 heteroatoms. The molecule has 1 fully saturated rings. The molecule has 2 aromatic rings. The number of hydrogen-bond acceptors (Lipinski definition) is 2. The van der Waals surface area contributed by atoms with Gasteiger partial charge in [-0.15, -0.1) is 11.3 Å². The summed E-state index contributed by atoms with van der Waals surface area (Å²) in [5.41, 5.74) is 2.45. The van der Waals surface area contributed by atoms with E-state index in [2.05, 4.69) is 21.0 Å². The molecule has 20 heavy (non-hydrogen) atoms. The van der Waals surface area contributed by atoms with Crippen molar-refractivity contribution in [2.75, 3.05) is 0 Å². The van der Waals surface area contributed by atoms with Crippen LogP contribution in [0.2, 0.25) is 0 Å². The van der Waals surface area contributed by atoms with Crippen molar-refractivity contribution in [3.63, 3.8) is 0 Å². The van der Waals surface area contributed by atoms with Crippen LogP contribution in [0, 0.1) is 5.92 Å². The molecule has 0 bridgehead atoms. The first-order valence-corrected chi connectivity index (χ1v) is 7.99. The summed E-state index contributed by atoms with van der Waals surface area (Å²) in [6, 6.07) is 2.45. The van der Waals surface area contributed by atoms with Gasteiger partial charge < -0.3 is 4.57 Å². The molecular weight excluding hydrogens is 278 g/mol. The van der Waals surface area contributed by atoms with Crippen LogP contribution in [0.25, 0.3) is 11.3 Å². The molecule has 0 radical (unpaired) electrons. The average Bonchev–Trinajstić information content (AvgIpc) is 3.08. The molecule has 1 aliphatic carbocycles.